The van der Waals surface area contributed by atoms with Crippen LogP contribution in [0.2, 0.25) is 0 Å². The number of hydrogen-bond donors (Lipinski definition) is 1. The van der Waals surface area contributed by atoms with Crippen molar-refractivity contribution in [2.75, 3.05) is 0 Å². The summed E-state index contributed by atoms with van der Waals surface area (Å²) in [6, 6.07) is 15.8. The summed E-state index contributed by atoms with van der Waals surface area (Å²) in [5.41, 5.74) is 0. The topological polar surface area (TPSA) is 20.2 Å². The van der Waals surface area contributed by atoms with E-state index in [1.807, 2.05) is 24.3 Å². The van der Waals surface area contributed by atoms with Crippen LogP contribution in [0.25, 0.3) is 21.5 Å². The first-order chi connectivity index (χ1) is 7.75. The summed E-state index contributed by atoms with van der Waals surface area (Å²) in [5, 5.41) is 14.1. The van der Waals surface area contributed by atoms with Crippen molar-refractivity contribution in [1.29, 1.82) is 0 Å². The van der Waals surface area contributed by atoms with Gasteiger partial charge in [0.2, 0.25) is 0 Å². The molecule has 3 aromatic rings. The normalized spacial score (nSPS) is 11.1. The summed E-state index contributed by atoms with van der Waals surface area (Å²) in [6.45, 7) is 0. The molecule has 0 unspecified atom stereocenters. The molecule has 1 nitrogen and oxygen atoms in total. The fourth-order valence-electron chi connectivity index (χ4n) is 1.98. The summed E-state index contributed by atoms with van der Waals surface area (Å²) in [6.07, 6.45) is 0. The average molecular weight is 273 g/mol. The molecule has 0 fully saturated rings. The van der Waals surface area contributed by atoms with E-state index in [9.17, 15) is 5.11 Å². The first kappa shape index (κ1) is 9.67. The molecule has 0 saturated heterocycles. The first-order valence-electron chi connectivity index (χ1n) is 5.06. The zero-order valence-corrected chi connectivity index (χ0v) is 10.0. The summed E-state index contributed by atoms with van der Waals surface area (Å²) >= 11 is 3.51. The highest BCUT2D eigenvalue weighted by molar-refractivity contribution is 9.10. The van der Waals surface area contributed by atoms with E-state index < -0.39 is 0 Å². The van der Waals surface area contributed by atoms with E-state index in [-0.39, 0.29) is 0 Å². The molecule has 0 aliphatic rings. The number of phenols is 1. The van der Waals surface area contributed by atoms with Gasteiger partial charge in [-0.1, -0.05) is 40.2 Å². The third kappa shape index (κ3) is 1.38. The quantitative estimate of drug-likeness (QED) is 0.599. The van der Waals surface area contributed by atoms with Crippen LogP contribution < -0.4 is 0 Å². The van der Waals surface area contributed by atoms with Crippen LogP contribution in [0.15, 0.2) is 53.0 Å². The summed E-state index contributed by atoms with van der Waals surface area (Å²) in [5.74, 6) is 0.323. The summed E-state index contributed by atoms with van der Waals surface area (Å²) < 4.78 is 1.01. The van der Waals surface area contributed by atoms with Crippen molar-refractivity contribution in [1.82, 2.24) is 0 Å². The molecule has 3 aromatic carbocycles. The maximum absolute atomic E-state index is 9.83. The van der Waals surface area contributed by atoms with Gasteiger partial charge in [0.15, 0.2) is 0 Å². The lowest BCUT2D eigenvalue weighted by Crippen LogP contribution is -1.78. The van der Waals surface area contributed by atoms with Crippen LogP contribution in [0.1, 0.15) is 0 Å². The minimum absolute atomic E-state index is 0.323. The van der Waals surface area contributed by atoms with Gasteiger partial charge in [-0.05, 0) is 35.0 Å². The van der Waals surface area contributed by atoms with Gasteiger partial charge in [0, 0.05) is 15.2 Å². The molecule has 16 heavy (non-hydrogen) atoms. The van der Waals surface area contributed by atoms with Crippen LogP contribution >= 0.6 is 15.9 Å². The Labute approximate surface area is 101 Å². The molecule has 1 N–H and O–H groups in total. The smallest absolute Gasteiger partial charge is 0.123 e. The van der Waals surface area contributed by atoms with Gasteiger partial charge in [-0.15, -0.1) is 0 Å². The molecule has 0 heterocycles. The lowest BCUT2D eigenvalue weighted by atomic mass is 10.0. The van der Waals surface area contributed by atoms with Crippen LogP contribution in [-0.4, -0.2) is 5.11 Å². The van der Waals surface area contributed by atoms with Gasteiger partial charge in [-0.3, -0.25) is 0 Å². The van der Waals surface area contributed by atoms with Crippen LogP contribution in [0, 0.1) is 0 Å². The fraction of sp³-hybridized carbons (Fsp3) is 0. The zero-order chi connectivity index (χ0) is 11.1. The Morgan fingerprint density at radius 2 is 1.44 bits per heavy atom. The van der Waals surface area contributed by atoms with E-state index in [4.69, 9.17) is 0 Å². The van der Waals surface area contributed by atoms with Crippen molar-refractivity contribution < 1.29 is 5.11 Å². The summed E-state index contributed by atoms with van der Waals surface area (Å²) in [7, 11) is 0. The van der Waals surface area contributed by atoms with Crippen molar-refractivity contribution in [3.8, 4) is 5.75 Å². The van der Waals surface area contributed by atoms with E-state index in [1.165, 1.54) is 5.39 Å². The average Bonchev–Trinajstić information content (AvgIpc) is 2.32. The molecule has 2 heteroatoms. The SMILES string of the molecule is Oc1ccc(Br)c2cc3ccccc3cc12. The predicted octanol–water partition coefficient (Wildman–Crippen LogP) is 4.46. The van der Waals surface area contributed by atoms with Crippen molar-refractivity contribution in [2.45, 2.75) is 0 Å². The Morgan fingerprint density at radius 1 is 0.812 bits per heavy atom. The molecule has 0 saturated carbocycles. The van der Waals surface area contributed by atoms with Gasteiger partial charge in [-0.25, -0.2) is 0 Å². The molecule has 0 radical (unpaired) electrons. The van der Waals surface area contributed by atoms with E-state index in [2.05, 4.69) is 34.1 Å². The van der Waals surface area contributed by atoms with Crippen LogP contribution in [0.5, 0.6) is 5.75 Å². The highest BCUT2D eigenvalue weighted by Crippen LogP contribution is 2.33. The van der Waals surface area contributed by atoms with Crippen LogP contribution in [0.4, 0.5) is 0 Å². The van der Waals surface area contributed by atoms with Gasteiger partial charge in [0.1, 0.15) is 5.75 Å². The van der Waals surface area contributed by atoms with Crippen LogP contribution in [-0.2, 0) is 0 Å². The molecule has 0 aromatic heterocycles. The second kappa shape index (κ2) is 3.49. The van der Waals surface area contributed by atoms with E-state index in [1.54, 1.807) is 6.07 Å². The number of phenolic OH excluding ortho intramolecular Hbond substituents is 1. The Morgan fingerprint density at radius 3 is 2.12 bits per heavy atom. The Balaban J connectivity index is 2.56. The minimum atomic E-state index is 0.323. The molecule has 78 valence electrons. The lowest BCUT2D eigenvalue weighted by Gasteiger charge is -2.05. The van der Waals surface area contributed by atoms with Gasteiger partial charge < -0.3 is 5.11 Å². The number of fused-ring (bicyclic) bond motifs is 2. The maximum atomic E-state index is 9.83. The second-order valence-electron chi connectivity index (χ2n) is 3.81. The zero-order valence-electron chi connectivity index (χ0n) is 8.44. The Hall–Kier alpha value is -1.54. The number of aromatic hydroxyl groups is 1. The molecule has 0 amide bonds. The third-order valence-corrected chi connectivity index (χ3v) is 3.50. The van der Waals surface area contributed by atoms with Crippen molar-refractivity contribution in [3.63, 3.8) is 0 Å². The molecule has 0 atom stereocenters. The van der Waals surface area contributed by atoms with E-state index in [0.717, 1.165) is 20.6 Å². The third-order valence-electron chi connectivity index (χ3n) is 2.81. The first-order valence-corrected chi connectivity index (χ1v) is 5.85. The number of hydrogen-bond acceptors (Lipinski definition) is 1. The largest absolute Gasteiger partial charge is 0.507 e. The van der Waals surface area contributed by atoms with Gasteiger partial charge in [0.05, 0.1) is 0 Å². The minimum Gasteiger partial charge on any atom is -0.507 e. The predicted molar refractivity (Wildman–Crippen MR) is 70.8 cm³/mol. The second-order valence-corrected chi connectivity index (χ2v) is 4.67. The molecule has 3 rings (SSSR count). The van der Waals surface area contributed by atoms with Crippen molar-refractivity contribution in [2.24, 2.45) is 0 Å². The van der Waals surface area contributed by atoms with Gasteiger partial charge in [-0.2, -0.15) is 0 Å². The van der Waals surface area contributed by atoms with Gasteiger partial charge in [0.25, 0.3) is 0 Å². The number of rotatable bonds is 0. The van der Waals surface area contributed by atoms with Crippen molar-refractivity contribution in [3.05, 3.63) is 53.0 Å². The number of halogens is 1. The number of benzene rings is 3. The molecule has 0 spiro atoms. The van der Waals surface area contributed by atoms with E-state index >= 15 is 0 Å². The molecule has 0 aliphatic carbocycles. The maximum Gasteiger partial charge on any atom is 0.123 e. The van der Waals surface area contributed by atoms with Gasteiger partial charge >= 0.3 is 0 Å². The Kier molecular flexibility index (Phi) is 2.11. The lowest BCUT2D eigenvalue weighted by molar-refractivity contribution is 0.481. The highest BCUT2D eigenvalue weighted by Gasteiger charge is 2.04. The Bertz CT molecular complexity index is 629. The molecule has 0 bridgehead atoms. The molecular formula is C14H9BrO. The monoisotopic (exact) mass is 272 g/mol. The fourth-order valence-corrected chi connectivity index (χ4v) is 2.44. The molecular weight excluding hydrogens is 264 g/mol. The summed E-state index contributed by atoms with van der Waals surface area (Å²) in [4.78, 5) is 0. The highest BCUT2D eigenvalue weighted by atomic mass is 79.9. The van der Waals surface area contributed by atoms with E-state index in [0.29, 0.717) is 5.75 Å². The van der Waals surface area contributed by atoms with Crippen LogP contribution in [0.3, 0.4) is 0 Å². The molecule has 0 aliphatic heterocycles. The van der Waals surface area contributed by atoms with Crippen molar-refractivity contribution >= 4 is 37.5 Å². The standard InChI is InChI=1S/C14H9BrO/c15-13-5-6-14(16)12-8-10-4-2-1-3-9(10)7-11(12)13/h1-8,16H.